The van der Waals surface area contributed by atoms with Crippen LogP contribution < -0.4 is 10.6 Å². The predicted molar refractivity (Wildman–Crippen MR) is 78.4 cm³/mol. The number of hydrogen-bond donors (Lipinski definition) is 2. The third-order valence-electron chi connectivity index (χ3n) is 2.71. The molecule has 0 aliphatic carbocycles. The van der Waals surface area contributed by atoms with Crippen LogP contribution in [0.1, 0.15) is 11.1 Å². The highest BCUT2D eigenvalue weighted by atomic mass is 79.9. The Morgan fingerprint density at radius 2 is 1.84 bits per heavy atom. The van der Waals surface area contributed by atoms with E-state index < -0.39 is 5.82 Å². The summed E-state index contributed by atoms with van der Waals surface area (Å²) in [5.74, 6) is 0.0462. The van der Waals surface area contributed by atoms with E-state index >= 15 is 0 Å². The van der Waals surface area contributed by atoms with Crippen molar-refractivity contribution in [2.45, 2.75) is 13.8 Å². The maximum atomic E-state index is 13.7. The standard InChI is InChI=1S/C13H14BrFN4/c1-7-4-9(14)5-8(2)11(7)18-12-10(15)6-17-13(16-3)19-12/h4-6H,1-3H3,(H2,16,17,18,19). The Kier molecular flexibility index (Phi) is 3.99. The highest BCUT2D eigenvalue weighted by Crippen LogP contribution is 2.28. The zero-order chi connectivity index (χ0) is 14.0. The minimum atomic E-state index is -0.485. The molecular formula is C13H14BrFN4. The summed E-state index contributed by atoms with van der Waals surface area (Å²) in [4.78, 5) is 7.88. The van der Waals surface area contributed by atoms with Gasteiger partial charge in [-0.1, -0.05) is 15.9 Å². The first-order valence-electron chi connectivity index (χ1n) is 5.75. The van der Waals surface area contributed by atoms with E-state index in [2.05, 4.69) is 36.5 Å². The van der Waals surface area contributed by atoms with E-state index in [1.54, 1.807) is 7.05 Å². The second-order valence-corrected chi connectivity index (χ2v) is 5.10. The summed E-state index contributed by atoms with van der Waals surface area (Å²) >= 11 is 3.43. The number of aromatic nitrogens is 2. The summed E-state index contributed by atoms with van der Waals surface area (Å²) in [7, 11) is 1.69. The van der Waals surface area contributed by atoms with Crippen LogP contribution in [0.3, 0.4) is 0 Å². The second-order valence-electron chi connectivity index (χ2n) is 4.18. The lowest BCUT2D eigenvalue weighted by Gasteiger charge is -2.13. The molecule has 100 valence electrons. The summed E-state index contributed by atoms with van der Waals surface area (Å²) in [6, 6.07) is 3.93. The van der Waals surface area contributed by atoms with E-state index in [1.807, 2.05) is 26.0 Å². The molecule has 4 nitrogen and oxygen atoms in total. The predicted octanol–water partition coefficient (Wildman–Crippen LogP) is 3.78. The molecule has 0 unspecified atom stereocenters. The van der Waals surface area contributed by atoms with Crippen LogP contribution >= 0.6 is 15.9 Å². The summed E-state index contributed by atoms with van der Waals surface area (Å²) in [6.45, 7) is 3.91. The van der Waals surface area contributed by atoms with Crippen molar-refractivity contribution in [1.29, 1.82) is 0 Å². The summed E-state index contributed by atoms with van der Waals surface area (Å²) in [5, 5.41) is 5.81. The van der Waals surface area contributed by atoms with E-state index in [9.17, 15) is 4.39 Å². The average molecular weight is 325 g/mol. The molecular weight excluding hydrogens is 311 g/mol. The lowest BCUT2D eigenvalue weighted by atomic mass is 10.1. The quantitative estimate of drug-likeness (QED) is 0.902. The van der Waals surface area contributed by atoms with E-state index in [1.165, 1.54) is 0 Å². The van der Waals surface area contributed by atoms with Crippen LogP contribution in [-0.4, -0.2) is 17.0 Å². The molecule has 0 spiro atoms. The molecule has 2 aromatic rings. The maximum Gasteiger partial charge on any atom is 0.224 e. The molecule has 0 aliphatic heterocycles. The number of nitrogens with one attached hydrogen (secondary N) is 2. The number of anilines is 3. The molecule has 0 fully saturated rings. The highest BCUT2D eigenvalue weighted by molar-refractivity contribution is 9.10. The Morgan fingerprint density at radius 3 is 2.42 bits per heavy atom. The zero-order valence-corrected chi connectivity index (χ0v) is 12.5. The third-order valence-corrected chi connectivity index (χ3v) is 3.17. The SMILES string of the molecule is CNc1ncc(F)c(Nc2c(C)cc(Br)cc2C)n1. The van der Waals surface area contributed by atoms with Crippen LogP contribution in [0.25, 0.3) is 0 Å². The molecule has 1 aromatic heterocycles. The van der Waals surface area contributed by atoms with Crippen LogP contribution in [0, 0.1) is 19.7 Å². The van der Waals surface area contributed by atoms with Gasteiger partial charge in [-0.3, -0.25) is 0 Å². The van der Waals surface area contributed by atoms with Gasteiger partial charge in [-0.05, 0) is 37.1 Å². The lowest BCUT2D eigenvalue weighted by molar-refractivity contribution is 0.619. The number of rotatable bonds is 3. The number of hydrogen-bond acceptors (Lipinski definition) is 4. The molecule has 2 N–H and O–H groups in total. The van der Waals surface area contributed by atoms with E-state index in [-0.39, 0.29) is 5.82 Å². The third kappa shape index (κ3) is 3.01. The Labute approximate surface area is 119 Å². The number of benzene rings is 1. The molecule has 6 heteroatoms. The fourth-order valence-electron chi connectivity index (χ4n) is 1.80. The van der Waals surface area contributed by atoms with Crippen LogP contribution in [0.15, 0.2) is 22.8 Å². The average Bonchev–Trinajstić information content (AvgIpc) is 2.35. The van der Waals surface area contributed by atoms with Gasteiger partial charge in [0.1, 0.15) is 0 Å². The Hall–Kier alpha value is -1.69. The van der Waals surface area contributed by atoms with Crippen LogP contribution in [0.4, 0.5) is 21.8 Å². The first kappa shape index (κ1) is 13.7. The minimum absolute atomic E-state index is 0.160. The first-order chi connectivity index (χ1) is 9.01. The van der Waals surface area contributed by atoms with Gasteiger partial charge >= 0.3 is 0 Å². The van der Waals surface area contributed by atoms with Crippen LogP contribution in [0.2, 0.25) is 0 Å². The molecule has 0 amide bonds. The van der Waals surface area contributed by atoms with Gasteiger partial charge in [0.25, 0.3) is 0 Å². The smallest absolute Gasteiger partial charge is 0.224 e. The molecule has 0 bridgehead atoms. The van der Waals surface area contributed by atoms with Gasteiger partial charge < -0.3 is 10.6 Å². The number of nitrogens with zero attached hydrogens (tertiary/aromatic N) is 2. The van der Waals surface area contributed by atoms with Gasteiger partial charge in [0, 0.05) is 17.2 Å². The topological polar surface area (TPSA) is 49.8 Å². The minimum Gasteiger partial charge on any atom is -0.357 e. The molecule has 2 rings (SSSR count). The fraction of sp³-hybridized carbons (Fsp3) is 0.231. The normalized spacial score (nSPS) is 10.4. The zero-order valence-electron chi connectivity index (χ0n) is 10.9. The van der Waals surface area contributed by atoms with Gasteiger partial charge in [-0.2, -0.15) is 4.98 Å². The van der Waals surface area contributed by atoms with E-state index in [0.29, 0.717) is 5.95 Å². The highest BCUT2D eigenvalue weighted by Gasteiger charge is 2.10. The summed E-state index contributed by atoms with van der Waals surface area (Å²) < 4.78 is 14.7. The number of halogens is 2. The summed E-state index contributed by atoms with van der Waals surface area (Å²) in [5.41, 5.74) is 2.87. The van der Waals surface area contributed by atoms with Crippen molar-refractivity contribution in [3.05, 3.63) is 39.7 Å². The van der Waals surface area contributed by atoms with Gasteiger partial charge in [0.15, 0.2) is 11.6 Å². The molecule has 0 aliphatic rings. The second kappa shape index (κ2) is 5.52. The maximum absolute atomic E-state index is 13.7. The number of aryl methyl sites for hydroxylation is 2. The molecule has 0 saturated heterocycles. The van der Waals surface area contributed by atoms with Crippen molar-refractivity contribution in [2.75, 3.05) is 17.7 Å². The van der Waals surface area contributed by atoms with Crippen LogP contribution in [-0.2, 0) is 0 Å². The Bertz CT molecular complexity index is 593. The Balaban J connectivity index is 2.41. The molecule has 1 heterocycles. The van der Waals surface area contributed by atoms with Gasteiger partial charge in [0.05, 0.1) is 6.20 Å². The molecule has 0 radical (unpaired) electrons. The van der Waals surface area contributed by atoms with E-state index in [0.717, 1.165) is 27.5 Å². The lowest BCUT2D eigenvalue weighted by Crippen LogP contribution is -2.04. The van der Waals surface area contributed by atoms with Crippen molar-refractivity contribution < 1.29 is 4.39 Å². The Morgan fingerprint density at radius 1 is 1.21 bits per heavy atom. The van der Waals surface area contributed by atoms with Crippen molar-refractivity contribution in [1.82, 2.24) is 9.97 Å². The first-order valence-corrected chi connectivity index (χ1v) is 6.54. The van der Waals surface area contributed by atoms with Crippen molar-refractivity contribution in [3.8, 4) is 0 Å². The fourth-order valence-corrected chi connectivity index (χ4v) is 2.49. The van der Waals surface area contributed by atoms with E-state index in [4.69, 9.17) is 0 Å². The van der Waals surface area contributed by atoms with Crippen molar-refractivity contribution >= 4 is 33.4 Å². The van der Waals surface area contributed by atoms with Crippen molar-refractivity contribution in [3.63, 3.8) is 0 Å². The molecule has 1 aromatic carbocycles. The largest absolute Gasteiger partial charge is 0.357 e. The van der Waals surface area contributed by atoms with Gasteiger partial charge in [-0.15, -0.1) is 0 Å². The van der Waals surface area contributed by atoms with Gasteiger partial charge in [0.2, 0.25) is 5.95 Å². The molecule has 19 heavy (non-hydrogen) atoms. The van der Waals surface area contributed by atoms with Gasteiger partial charge in [-0.25, -0.2) is 9.37 Å². The monoisotopic (exact) mass is 324 g/mol. The molecule has 0 saturated carbocycles. The summed E-state index contributed by atoms with van der Waals surface area (Å²) in [6.07, 6.45) is 1.14. The van der Waals surface area contributed by atoms with Crippen LogP contribution in [0.5, 0.6) is 0 Å². The molecule has 0 atom stereocenters. The van der Waals surface area contributed by atoms with Crippen molar-refractivity contribution in [2.24, 2.45) is 0 Å².